The van der Waals surface area contributed by atoms with Crippen molar-refractivity contribution in [1.29, 1.82) is 0 Å². The number of hydrogen-bond acceptors (Lipinski definition) is 2. The molecule has 0 heterocycles. The van der Waals surface area contributed by atoms with Crippen molar-refractivity contribution in [1.82, 2.24) is 0 Å². The molecule has 0 bridgehead atoms. The molecule has 0 fully saturated rings. The zero-order valence-corrected chi connectivity index (χ0v) is 10.8. The maximum atomic E-state index is 10.1. The normalized spacial score (nSPS) is 14.6. The second-order valence-corrected chi connectivity index (χ2v) is 4.35. The summed E-state index contributed by atoms with van der Waals surface area (Å²) in [4.78, 5) is 2.30. The topological polar surface area (TPSA) is 23.5 Å². The van der Waals surface area contributed by atoms with E-state index in [1.54, 1.807) is 0 Å². The van der Waals surface area contributed by atoms with Crippen molar-refractivity contribution < 1.29 is 5.11 Å². The van der Waals surface area contributed by atoms with Gasteiger partial charge < -0.3 is 10.0 Å². The first-order chi connectivity index (χ1) is 7.55. The highest BCUT2D eigenvalue weighted by Gasteiger charge is 2.20. The van der Waals surface area contributed by atoms with Crippen LogP contribution in [-0.2, 0) is 5.60 Å². The molecule has 2 nitrogen and oxygen atoms in total. The molecule has 0 saturated carbocycles. The number of benzene rings is 1. The van der Waals surface area contributed by atoms with Crippen molar-refractivity contribution >= 4 is 5.69 Å². The first-order valence-electron chi connectivity index (χ1n) is 6.13. The summed E-state index contributed by atoms with van der Waals surface area (Å²) in [5.74, 6) is 0. The Bertz CT molecular complexity index is 312. The summed E-state index contributed by atoms with van der Waals surface area (Å²) < 4.78 is 0. The van der Waals surface area contributed by atoms with E-state index in [-0.39, 0.29) is 0 Å². The molecular formula is C14H23NO. The standard InChI is InChI=1S/C14H23NO/c1-5-14(4,16)12-8-10-13(11-9-12)15(6-2)7-3/h8-11,16H,5-7H2,1-4H3/t14-/m0/s1. The lowest BCUT2D eigenvalue weighted by Crippen LogP contribution is -2.23. The van der Waals surface area contributed by atoms with Crippen molar-refractivity contribution in [3.8, 4) is 0 Å². The number of anilines is 1. The monoisotopic (exact) mass is 221 g/mol. The molecule has 0 aliphatic heterocycles. The smallest absolute Gasteiger partial charge is 0.0865 e. The summed E-state index contributed by atoms with van der Waals surface area (Å²) in [7, 11) is 0. The average molecular weight is 221 g/mol. The van der Waals surface area contributed by atoms with Gasteiger partial charge in [0.2, 0.25) is 0 Å². The fourth-order valence-electron chi connectivity index (χ4n) is 1.82. The Morgan fingerprint density at radius 1 is 1.06 bits per heavy atom. The maximum Gasteiger partial charge on any atom is 0.0865 e. The van der Waals surface area contributed by atoms with Crippen molar-refractivity contribution in [3.05, 3.63) is 29.8 Å². The van der Waals surface area contributed by atoms with E-state index in [1.807, 2.05) is 26.0 Å². The van der Waals surface area contributed by atoms with E-state index in [1.165, 1.54) is 5.69 Å². The van der Waals surface area contributed by atoms with Crippen LogP contribution in [0.2, 0.25) is 0 Å². The van der Waals surface area contributed by atoms with Crippen LogP contribution in [0.25, 0.3) is 0 Å². The lowest BCUT2D eigenvalue weighted by Gasteiger charge is -2.25. The van der Waals surface area contributed by atoms with Gasteiger partial charge in [-0.1, -0.05) is 19.1 Å². The third kappa shape index (κ3) is 2.76. The molecule has 0 aromatic heterocycles. The molecule has 16 heavy (non-hydrogen) atoms. The van der Waals surface area contributed by atoms with Gasteiger partial charge in [-0.3, -0.25) is 0 Å². The van der Waals surface area contributed by atoms with E-state index in [0.717, 1.165) is 25.1 Å². The van der Waals surface area contributed by atoms with Gasteiger partial charge in [0.05, 0.1) is 5.60 Å². The molecule has 1 atom stereocenters. The summed E-state index contributed by atoms with van der Waals surface area (Å²) in [6.45, 7) is 10.2. The molecule has 1 rings (SSSR count). The Morgan fingerprint density at radius 2 is 1.56 bits per heavy atom. The first kappa shape index (κ1) is 13.0. The minimum absolute atomic E-state index is 0.707. The fourth-order valence-corrected chi connectivity index (χ4v) is 1.82. The van der Waals surface area contributed by atoms with Crippen LogP contribution in [0.3, 0.4) is 0 Å². The Labute approximate surface area is 98.9 Å². The quantitative estimate of drug-likeness (QED) is 0.825. The molecule has 0 saturated heterocycles. The van der Waals surface area contributed by atoms with Gasteiger partial charge in [0.15, 0.2) is 0 Å². The van der Waals surface area contributed by atoms with E-state index in [0.29, 0.717) is 0 Å². The number of rotatable bonds is 5. The highest BCUT2D eigenvalue weighted by atomic mass is 16.3. The van der Waals surface area contributed by atoms with Gasteiger partial charge in [0.1, 0.15) is 0 Å². The van der Waals surface area contributed by atoms with Crippen LogP contribution in [0.5, 0.6) is 0 Å². The third-order valence-electron chi connectivity index (χ3n) is 3.31. The second-order valence-electron chi connectivity index (χ2n) is 4.35. The lowest BCUT2D eigenvalue weighted by atomic mass is 9.93. The molecule has 90 valence electrons. The van der Waals surface area contributed by atoms with Crippen LogP contribution in [-0.4, -0.2) is 18.2 Å². The molecule has 1 aromatic carbocycles. The van der Waals surface area contributed by atoms with Crippen LogP contribution < -0.4 is 4.90 Å². The summed E-state index contributed by atoms with van der Waals surface area (Å²) in [6, 6.07) is 8.23. The average Bonchev–Trinajstić information content (AvgIpc) is 2.31. The van der Waals surface area contributed by atoms with Crippen molar-refractivity contribution in [2.24, 2.45) is 0 Å². The van der Waals surface area contributed by atoms with Crippen molar-refractivity contribution in [2.45, 2.75) is 39.7 Å². The SMILES string of the molecule is CCN(CC)c1ccc([C@@](C)(O)CC)cc1. The first-order valence-corrected chi connectivity index (χ1v) is 6.13. The van der Waals surface area contributed by atoms with Gasteiger partial charge in [-0.25, -0.2) is 0 Å². The van der Waals surface area contributed by atoms with Crippen LogP contribution in [0, 0.1) is 0 Å². The van der Waals surface area contributed by atoms with Crippen molar-refractivity contribution in [2.75, 3.05) is 18.0 Å². The van der Waals surface area contributed by atoms with Crippen LogP contribution in [0.4, 0.5) is 5.69 Å². The van der Waals surface area contributed by atoms with E-state index in [2.05, 4.69) is 30.9 Å². The van der Waals surface area contributed by atoms with Gasteiger partial charge in [0, 0.05) is 18.8 Å². The van der Waals surface area contributed by atoms with Gasteiger partial charge in [-0.15, -0.1) is 0 Å². The molecule has 0 amide bonds. The maximum absolute atomic E-state index is 10.1. The summed E-state index contributed by atoms with van der Waals surface area (Å²) >= 11 is 0. The van der Waals surface area contributed by atoms with E-state index >= 15 is 0 Å². The van der Waals surface area contributed by atoms with Crippen LogP contribution in [0.1, 0.15) is 39.7 Å². The van der Waals surface area contributed by atoms with E-state index in [4.69, 9.17) is 0 Å². The molecule has 0 spiro atoms. The summed E-state index contributed by atoms with van der Waals surface area (Å²) in [5.41, 5.74) is 1.51. The number of hydrogen-bond donors (Lipinski definition) is 1. The fraction of sp³-hybridized carbons (Fsp3) is 0.571. The minimum Gasteiger partial charge on any atom is -0.385 e. The van der Waals surface area contributed by atoms with Gasteiger partial charge in [0.25, 0.3) is 0 Å². The minimum atomic E-state index is -0.707. The lowest BCUT2D eigenvalue weighted by molar-refractivity contribution is 0.0531. The van der Waals surface area contributed by atoms with E-state index in [9.17, 15) is 5.11 Å². The van der Waals surface area contributed by atoms with Gasteiger partial charge >= 0.3 is 0 Å². The van der Waals surface area contributed by atoms with Gasteiger partial charge in [-0.05, 0) is 44.9 Å². The number of aliphatic hydroxyl groups is 1. The molecular weight excluding hydrogens is 198 g/mol. The molecule has 0 unspecified atom stereocenters. The Balaban J connectivity index is 2.90. The Hall–Kier alpha value is -1.02. The molecule has 0 aliphatic carbocycles. The van der Waals surface area contributed by atoms with E-state index < -0.39 is 5.60 Å². The third-order valence-corrected chi connectivity index (χ3v) is 3.31. The predicted molar refractivity (Wildman–Crippen MR) is 69.9 cm³/mol. The molecule has 0 aliphatic rings. The van der Waals surface area contributed by atoms with Crippen molar-refractivity contribution in [3.63, 3.8) is 0 Å². The predicted octanol–water partition coefficient (Wildman–Crippen LogP) is 3.15. The Kier molecular flexibility index (Phi) is 4.36. The summed E-state index contributed by atoms with van der Waals surface area (Å²) in [6.07, 6.45) is 0.734. The molecule has 0 radical (unpaired) electrons. The second kappa shape index (κ2) is 5.35. The van der Waals surface area contributed by atoms with Gasteiger partial charge in [-0.2, -0.15) is 0 Å². The number of nitrogens with zero attached hydrogens (tertiary/aromatic N) is 1. The molecule has 2 heteroatoms. The highest BCUT2D eigenvalue weighted by molar-refractivity contribution is 5.48. The molecule has 1 aromatic rings. The zero-order chi connectivity index (χ0) is 12.2. The Morgan fingerprint density at radius 3 is 1.94 bits per heavy atom. The zero-order valence-electron chi connectivity index (χ0n) is 10.8. The summed E-state index contributed by atoms with van der Waals surface area (Å²) in [5, 5.41) is 10.1. The highest BCUT2D eigenvalue weighted by Crippen LogP contribution is 2.26. The van der Waals surface area contributed by atoms with Crippen LogP contribution >= 0.6 is 0 Å². The van der Waals surface area contributed by atoms with Crippen LogP contribution in [0.15, 0.2) is 24.3 Å². The largest absolute Gasteiger partial charge is 0.385 e. The molecule has 1 N–H and O–H groups in total.